The Morgan fingerprint density at radius 1 is 1.28 bits per heavy atom. The summed E-state index contributed by atoms with van der Waals surface area (Å²) in [6.45, 7) is 0.388. The molecular weight excluding hydrogens is 395 g/mol. The van der Waals surface area contributed by atoms with Crippen molar-refractivity contribution in [2.75, 3.05) is 19.0 Å². The van der Waals surface area contributed by atoms with E-state index in [0.29, 0.717) is 28.8 Å². The Balaban J connectivity index is 1.67. The van der Waals surface area contributed by atoms with E-state index in [0.717, 1.165) is 5.56 Å². The average Bonchev–Trinajstić information content (AvgIpc) is 3.13. The third-order valence-electron chi connectivity index (χ3n) is 4.45. The number of methoxy groups -OCH3 is 1. The van der Waals surface area contributed by atoms with Gasteiger partial charge >= 0.3 is 0 Å². The molecule has 152 valence electrons. The Morgan fingerprint density at radius 3 is 2.69 bits per heavy atom. The first-order valence-corrected chi connectivity index (χ1v) is 9.45. The summed E-state index contributed by atoms with van der Waals surface area (Å²) in [5, 5.41) is 6.72. The van der Waals surface area contributed by atoms with E-state index >= 15 is 0 Å². The first kappa shape index (κ1) is 20.7. The number of ether oxygens (including phenoxy) is 1. The van der Waals surface area contributed by atoms with Gasteiger partial charge in [0.05, 0.1) is 12.8 Å². The highest BCUT2D eigenvalue weighted by Gasteiger charge is 2.20. The lowest BCUT2D eigenvalue weighted by molar-refractivity contribution is -0.121. The fraction of sp³-hybridized carbons (Fsp3) is 0.238. The minimum absolute atomic E-state index is 0.171. The van der Waals surface area contributed by atoms with Gasteiger partial charge in [0.15, 0.2) is 0 Å². The van der Waals surface area contributed by atoms with Crippen molar-refractivity contribution in [3.8, 4) is 5.75 Å². The number of aromatic nitrogens is 2. The van der Waals surface area contributed by atoms with Crippen molar-refractivity contribution in [3.05, 3.63) is 77.1 Å². The maximum Gasteiger partial charge on any atom is 0.222 e. The molecule has 3 rings (SSSR count). The molecule has 0 saturated heterocycles. The van der Waals surface area contributed by atoms with E-state index in [9.17, 15) is 9.18 Å². The van der Waals surface area contributed by atoms with E-state index in [4.69, 9.17) is 16.3 Å². The number of aryl methyl sites for hydroxylation is 1. The topological polar surface area (TPSA) is 68.2 Å². The van der Waals surface area contributed by atoms with Gasteiger partial charge in [-0.15, -0.1) is 0 Å². The quantitative estimate of drug-likeness (QED) is 0.584. The highest BCUT2D eigenvalue weighted by molar-refractivity contribution is 6.30. The zero-order chi connectivity index (χ0) is 20.8. The van der Waals surface area contributed by atoms with Crippen molar-refractivity contribution in [1.82, 2.24) is 14.9 Å². The second-order valence-electron chi connectivity index (χ2n) is 6.47. The fourth-order valence-corrected chi connectivity index (χ4v) is 3.14. The van der Waals surface area contributed by atoms with Gasteiger partial charge in [-0.1, -0.05) is 23.7 Å². The highest BCUT2D eigenvalue weighted by atomic mass is 35.5. The second kappa shape index (κ2) is 9.43. The van der Waals surface area contributed by atoms with Gasteiger partial charge in [-0.25, -0.2) is 9.37 Å². The van der Waals surface area contributed by atoms with Gasteiger partial charge < -0.3 is 19.9 Å². The maximum atomic E-state index is 13.3. The van der Waals surface area contributed by atoms with E-state index in [1.807, 2.05) is 11.6 Å². The Labute approximate surface area is 173 Å². The minimum Gasteiger partial charge on any atom is -0.495 e. The summed E-state index contributed by atoms with van der Waals surface area (Å²) in [4.78, 5) is 16.9. The Hall–Kier alpha value is -3.06. The summed E-state index contributed by atoms with van der Waals surface area (Å²) < 4.78 is 20.4. The predicted octanol–water partition coefficient (Wildman–Crippen LogP) is 3.93. The molecule has 1 heterocycles. The Kier molecular flexibility index (Phi) is 6.72. The number of imidazole rings is 1. The molecule has 29 heavy (non-hydrogen) atoms. The monoisotopic (exact) mass is 416 g/mol. The number of amides is 1. The number of anilines is 1. The summed E-state index contributed by atoms with van der Waals surface area (Å²) in [7, 11) is 3.42. The number of hydrogen-bond donors (Lipinski definition) is 2. The first-order chi connectivity index (χ1) is 14.0. The number of nitrogens with one attached hydrogen (secondary N) is 2. The molecule has 0 aliphatic rings. The van der Waals surface area contributed by atoms with Crippen LogP contribution in [-0.4, -0.2) is 29.1 Å². The van der Waals surface area contributed by atoms with E-state index in [1.54, 1.807) is 49.8 Å². The molecule has 1 aromatic heterocycles. The number of hydrogen-bond acceptors (Lipinski definition) is 4. The van der Waals surface area contributed by atoms with Crippen molar-refractivity contribution < 1.29 is 13.9 Å². The Morgan fingerprint density at radius 2 is 2.03 bits per heavy atom. The maximum absolute atomic E-state index is 13.3. The van der Waals surface area contributed by atoms with Crippen LogP contribution in [0.3, 0.4) is 0 Å². The van der Waals surface area contributed by atoms with Gasteiger partial charge in [-0.2, -0.15) is 0 Å². The standard InChI is InChI=1S/C21H22ClFN4O2/c1-27-12-11-25-21(27)20(14-3-6-16(23)7-4-14)26-19(28)9-10-24-17-13-15(22)5-8-18(17)29-2/h3-8,11-13,20,24H,9-10H2,1-2H3,(H,26,28). The van der Waals surface area contributed by atoms with Crippen molar-refractivity contribution in [1.29, 1.82) is 0 Å². The van der Waals surface area contributed by atoms with E-state index in [-0.39, 0.29) is 18.1 Å². The van der Waals surface area contributed by atoms with Gasteiger partial charge in [0.1, 0.15) is 23.4 Å². The third-order valence-corrected chi connectivity index (χ3v) is 4.69. The summed E-state index contributed by atoms with van der Waals surface area (Å²) in [5.41, 5.74) is 1.46. The van der Waals surface area contributed by atoms with Gasteiger partial charge in [-0.05, 0) is 35.9 Å². The predicted molar refractivity (Wildman–Crippen MR) is 111 cm³/mol. The first-order valence-electron chi connectivity index (χ1n) is 9.07. The van der Waals surface area contributed by atoms with E-state index in [2.05, 4.69) is 15.6 Å². The largest absolute Gasteiger partial charge is 0.495 e. The van der Waals surface area contributed by atoms with Crippen LogP contribution in [0.15, 0.2) is 54.9 Å². The number of nitrogens with zero attached hydrogens (tertiary/aromatic N) is 2. The highest BCUT2D eigenvalue weighted by Crippen LogP contribution is 2.27. The van der Waals surface area contributed by atoms with E-state index < -0.39 is 6.04 Å². The van der Waals surface area contributed by atoms with Crippen LogP contribution >= 0.6 is 11.6 Å². The van der Waals surface area contributed by atoms with Crippen molar-refractivity contribution >= 4 is 23.2 Å². The van der Waals surface area contributed by atoms with E-state index in [1.165, 1.54) is 12.1 Å². The molecule has 0 fully saturated rings. The van der Waals surface area contributed by atoms with Crippen LogP contribution in [0.25, 0.3) is 0 Å². The molecule has 2 aromatic carbocycles. The van der Waals surface area contributed by atoms with Crippen LogP contribution in [0, 0.1) is 5.82 Å². The fourth-order valence-electron chi connectivity index (χ4n) is 2.97. The third kappa shape index (κ3) is 5.26. The molecule has 6 nitrogen and oxygen atoms in total. The normalized spacial score (nSPS) is 11.7. The lowest BCUT2D eigenvalue weighted by Gasteiger charge is -2.19. The lowest BCUT2D eigenvalue weighted by atomic mass is 10.1. The van der Waals surface area contributed by atoms with Crippen LogP contribution < -0.4 is 15.4 Å². The molecule has 3 aromatic rings. The molecule has 0 radical (unpaired) electrons. The molecule has 0 bridgehead atoms. The average molecular weight is 417 g/mol. The number of benzene rings is 2. The molecule has 8 heteroatoms. The van der Waals surface area contributed by atoms with Crippen LogP contribution in [0.2, 0.25) is 5.02 Å². The zero-order valence-corrected chi connectivity index (χ0v) is 16.9. The smallest absolute Gasteiger partial charge is 0.222 e. The molecular formula is C21H22ClFN4O2. The number of halogens is 2. The van der Waals surface area contributed by atoms with Crippen LogP contribution in [0.5, 0.6) is 5.75 Å². The molecule has 0 aliphatic carbocycles. The summed E-state index contributed by atoms with van der Waals surface area (Å²) in [6, 6.07) is 10.8. The Bertz CT molecular complexity index is 975. The molecule has 1 amide bonds. The number of rotatable bonds is 8. The number of carbonyl (C=O) groups is 1. The van der Waals surface area contributed by atoms with Crippen LogP contribution in [0.4, 0.5) is 10.1 Å². The van der Waals surface area contributed by atoms with Crippen molar-refractivity contribution in [2.45, 2.75) is 12.5 Å². The molecule has 0 aliphatic heterocycles. The molecule has 1 atom stereocenters. The summed E-state index contributed by atoms with van der Waals surface area (Å²) in [5.74, 6) is 0.801. The molecule has 1 unspecified atom stereocenters. The van der Waals surface area contributed by atoms with Crippen LogP contribution in [0.1, 0.15) is 23.9 Å². The van der Waals surface area contributed by atoms with Gasteiger partial charge in [0, 0.05) is 37.4 Å². The zero-order valence-electron chi connectivity index (χ0n) is 16.2. The molecule has 0 saturated carbocycles. The van der Waals surface area contributed by atoms with Gasteiger partial charge in [0.2, 0.25) is 5.91 Å². The van der Waals surface area contributed by atoms with Gasteiger partial charge in [0.25, 0.3) is 0 Å². The summed E-state index contributed by atoms with van der Waals surface area (Å²) in [6.07, 6.45) is 3.67. The SMILES string of the molecule is COc1ccc(Cl)cc1NCCC(=O)NC(c1ccc(F)cc1)c1nccn1C. The van der Waals surface area contributed by atoms with Crippen molar-refractivity contribution in [2.24, 2.45) is 7.05 Å². The molecule has 0 spiro atoms. The van der Waals surface area contributed by atoms with Crippen molar-refractivity contribution in [3.63, 3.8) is 0 Å². The summed E-state index contributed by atoms with van der Waals surface area (Å²) >= 11 is 6.02. The second-order valence-corrected chi connectivity index (χ2v) is 6.91. The van der Waals surface area contributed by atoms with Gasteiger partial charge in [-0.3, -0.25) is 4.79 Å². The molecule has 2 N–H and O–H groups in total. The number of carbonyl (C=O) groups excluding carboxylic acids is 1. The lowest BCUT2D eigenvalue weighted by Crippen LogP contribution is -2.32. The van der Waals surface area contributed by atoms with Crippen LogP contribution in [-0.2, 0) is 11.8 Å². The minimum atomic E-state index is -0.483.